The van der Waals surface area contributed by atoms with Crippen molar-refractivity contribution in [3.8, 4) is 17.2 Å². The molecule has 0 fully saturated rings. The molecule has 0 aliphatic carbocycles. The van der Waals surface area contributed by atoms with Gasteiger partial charge in [0.2, 0.25) is 0 Å². The van der Waals surface area contributed by atoms with Crippen LogP contribution in [0.3, 0.4) is 0 Å². The molecule has 0 heterocycles. The maximum Gasteiger partial charge on any atom is 0.131 e. The summed E-state index contributed by atoms with van der Waals surface area (Å²) < 4.78 is 15.5. The third kappa shape index (κ3) is 2.51. The van der Waals surface area contributed by atoms with Crippen LogP contribution < -0.4 is 20.1 Å². The van der Waals surface area contributed by atoms with Crippen LogP contribution in [0.15, 0.2) is 12.1 Å². The second-order valence-electron chi connectivity index (χ2n) is 2.82. The van der Waals surface area contributed by atoms with E-state index < -0.39 is 0 Å². The molecule has 15 heavy (non-hydrogen) atoms. The SMILES string of the molecule is COc1cc(OC)c(CON)c(OC)c1. The van der Waals surface area contributed by atoms with E-state index in [0.29, 0.717) is 17.2 Å². The third-order valence-electron chi connectivity index (χ3n) is 2.04. The number of hydrogen-bond donors (Lipinski definition) is 1. The Morgan fingerprint density at radius 1 is 1.00 bits per heavy atom. The predicted octanol–water partition coefficient (Wildman–Crippen LogP) is 1.10. The quantitative estimate of drug-likeness (QED) is 0.742. The Labute approximate surface area is 88.6 Å². The van der Waals surface area contributed by atoms with Gasteiger partial charge in [0.1, 0.15) is 23.9 Å². The number of ether oxygens (including phenoxy) is 3. The smallest absolute Gasteiger partial charge is 0.131 e. The lowest BCUT2D eigenvalue weighted by molar-refractivity contribution is 0.119. The number of hydrogen-bond acceptors (Lipinski definition) is 5. The number of benzene rings is 1. The summed E-state index contributed by atoms with van der Waals surface area (Å²) in [5.41, 5.74) is 0.753. The molecule has 0 aliphatic heterocycles. The summed E-state index contributed by atoms with van der Waals surface area (Å²) in [6.07, 6.45) is 0. The van der Waals surface area contributed by atoms with Gasteiger partial charge in [0.05, 0.1) is 26.9 Å². The first kappa shape index (κ1) is 11.6. The molecule has 0 radical (unpaired) electrons. The Kier molecular flexibility index (Phi) is 4.20. The number of methoxy groups -OCH3 is 3. The highest BCUT2D eigenvalue weighted by atomic mass is 16.6. The van der Waals surface area contributed by atoms with E-state index >= 15 is 0 Å². The van der Waals surface area contributed by atoms with Crippen LogP contribution in [-0.2, 0) is 11.4 Å². The van der Waals surface area contributed by atoms with Gasteiger partial charge in [-0.15, -0.1) is 0 Å². The van der Waals surface area contributed by atoms with E-state index in [9.17, 15) is 0 Å². The monoisotopic (exact) mass is 213 g/mol. The van der Waals surface area contributed by atoms with Crippen LogP contribution in [0, 0.1) is 0 Å². The Balaban J connectivity index is 3.19. The summed E-state index contributed by atoms with van der Waals surface area (Å²) in [5.74, 6) is 6.94. The molecule has 1 aromatic rings. The maximum atomic E-state index is 5.19. The van der Waals surface area contributed by atoms with Gasteiger partial charge in [-0.3, -0.25) is 4.84 Å². The standard InChI is InChI=1S/C10H15NO4/c1-12-7-4-9(13-2)8(6-15-11)10(5-7)14-3/h4-5H,6,11H2,1-3H3. The van der Waals surface area contributed by atoms with Crippen molar-refractivity contribution in [3.05, 3.63) is 17.7 Å². The van der Waals surface area contributed by atoms with Crippen LogP contribution in [0.25, 0.3) is 0 Å². The second kappa shape index (κ2) is 5.43. The fourth-order valence-corrected chi connectivity index (χ4v) is 1.30. The first-order valence-electron chi connectivity index (χ1n) is 4.37. The summed E-state index contributed by atoms with van der Waals surface area (Å²) >= 11 is 0. The van der Waals surface area contributed by atoms with E-state index in [1.165, 1.54) is 0 Å². The van der Waals surface area contributed by atoms with Gasteiger partial charge >= 0.3 is 0 Å². The lowest BCUT2D eigenvalue weighted by Gasteiger charge is -2.13. The zero-order valence-corrected chi connectivity index (χ0v) is 9.07. The lowest BCUT2D eigenvalue weighted by Crippen LogP contribution is -2.04. The molecule has 0 aromatic heterocycles. The van der Waals surface area contributed by atoms with Gasteiger partial charge in [0.15, 0.2) is 0 Å². The normalized spacial score (nSPS) is 9.87. The van der Waals surface area contributed by atoms with Crippen molar-refractivity contribution in [2.45, 2.75) is 6.61 Å². The van der Waals surface area contributed by atoms with Crippen molar-refractivity contribution in [1.82, 2.24) is 0 Å². The molecule has 5 nitrogen and oxygen atoms in total. The highest BCUT2D eigenvalue weighted by Crippen LogP contribution is 2.34. The molecule has 0 saturated carbocycles. The molecule has 84 valence electrons. The fourth-order valence-electron chi connectivity index (χ4n) is 1.30. The van der Waals surface area contributed by atoms with Crippen molar-refractivity contribution < 1.29 is 19.0 Å². The molecule has 5 heteroatoms. The van der Waals surface area contributed by atoms with E-state index in [1.54, 1.807) is 33.5 Å². The highest BCUT2D eigenvalue weighted by Gasteiger charge is 2.12. The van der Waals surface area contributed by atoms with Crippen LogP contribution in [0.5, 0.6) is 17.2 Å². The van der Waals surface area contributed by atoms with Crippen molar-refractivity contribution in [3.63, 3.8) is 0 Å². The first-order valence-corrected chi connectivity index (χ1v) is 4.37. The lowest BCUT2D eigenvalue weighted by atomic mass is 10.1. The minimum Gasteiger partial charge on any atom is -0.496 e. The van der Waals surface area contributed by atoms with Crippen LogP contribution >= 0.6 is 0 Å². The van der Waals surface area contributed by atoms with Gasteiger partial charge in [-0.25, -0.2) is 5.90 Å². The number of nitrogens with two attached hydrogens (primary N) is 1. The van der Waals surface area contributed by atoms with Crippen molar-refractivity contribution >= 4 is 0 Å². The summed E-state index contributed by atoms with van der Waals surface area (Å²) in [7, 11) is 4.70. The van der Waals surface area contributed by atoms with Crippen molar-refractivity contribution in [1.29, 1.82) is 0 Å². The van der Waals surface area contributed by atoms with Gasteiger partial charge < -0.3 is 14.2 Å². The van der Waals surface area contributed by atoms with Gasteiger partial charge in [-0.2, -0.15) is 0 Å². The zero-order chi connectivity index (χ0) is 11.3. The molecule has 2 N–H and O–H groups in total. The summed E-state index contributed by atoms with van der Waals surface area (Å²) in [6, 6.07) is 3.49. The third-order valence-corrected chi connectivity index (χ3v) is 2.04. The minimum atomic E-state index is 0.219. The van der Waals surface area contributed by atoms with E-state index in [4.69, 9.17) is 20.1 Å². The van der Waals surface area contributed by atoms with E-state index in [2.05, 4.69) is 4.84 Å². The Hall–Kier alpha value is -1.46. The fraction of sp³-hybridized carbons (Fsp3) is 0.400. The van der Waals surface area contributed by atoms with Crippen molar-refractivity contribution in [2.75, 3.05) is 21.3 Å². The van der Waals surface area contributed by atoms with Gasteiger partial charge in [0.25, 0.3) is 0 Å². The largest absolute Gasteiger partial charge is 0.496 e. The van der Waals surface area contributed by atoms with Gasteiger partial charge in [-0.05, 0) is 0 Å². The molecular weight excluding hydrogens is 198 g/mol. The molecule has 0 spiro atoms. The molecule has 0 unspecified atom stereocenters. The van der Waals surface area contributed by atoms with E-state index in [0.717, 1.165) is 5.56 Å². The molecule has 1 aromatic carbocycles. The van der Waals surface area contributed by atoms with E-state index in [1.807, 2.05) is 0 Å². The second-order valence-corrected chi connectivity index (χ2v) is 2.82. The number of rotatable bonds is 5. The minimum absolute atomic E-state index is 0.219. The zero-order valence-electron chi connectivity index (χ0n) is 9.07. The molecule has 0 saturated heterocycles. The predicted molar refractivity (Wildman–Crippen MR) is 55.1 cm³/mol. The molecule has 0 bridgehead atoms. The summed E-state index contributed by atoms with van der Waals surface area (Å²) in [4.78, 5) is 4.59. The van der Waals surface area contributed by atoms with Crippen molar-refractivity contribution in [2.24, 2.45) is 5.90 Å². The van der Waals surface area contributed by atoms with Crippen LogP contribution in [-0.4, -0.2) is 21.3 Å². The molecule has 1 rings (SSSR count). The Morgan fingerprint density at radius 2 is 1.53 bits per heavy atom. The highest BCUT2D eigenvalue weighted by molar-refractivity contribution is 5.50. The van der Waals surface area contributed by atoms with Gasteiger partial charge in [0, 0.05) is 12.1 Å². The van der Waals surface area contributed by atoms with E-state index in [-0.39, 0.29) is 6.61 Å². The average molecular weight is 213 g/mol. The summed E-state index contributed by atoms with van der Waals surface area (Å²) in [6.45, 7) is 0.219. The van der Waals surface area contributed by atoms with Crippen LogP contribution in [0.2, 0.25) is 0 Å². The Bertz CT molecular complexity index is 302. The van der Waals surface area contributed by atoms with Crippen LogP contribution in [0.1, 0.15) is 5.56 Å². The Morgan fingerprint density at radius 3 is 1.87 bits per heavy atom. The maximum absolute atomic E-state index is 5.19. The summed E-state index contributed by atoms with van der Waals surface area (Å²) in [5, 5.41) is 0. The molecule has 0 atom stereocenters. The first-order chi connectivity index (χ1) is 7.26. The molecule has 0 amide bonds. The molecule has 0 aliphatic rings. The topological polar surface area (TPSA) is 62.9 Å². The average Bonchev–Trinajstić information content (AvgIpc) is 2.29. The van der Waals surface area contributed by atoms with Crippen LogP contribution in [0.4, 0.5) is 0 Å². The molecular formula is C10H15NO4. The van der Waals surface area contributed by atoms with Gasteiger partial charge in [-0.1, -0.05) is 0 Å².